The Morgan fingerprint density at radius 2 is 1.82 bits per heavy atom. The van der Waals surface area contributed by atoms with Crippen molar-refractivity contribution in [2.24, 2.45) is 0 Å². The Balaban J connectivity index is 1.34. The zero-order valence-electron chi connectivity index (χ0n) is 16.3. The van der Waals surface area contributed by atoms with Gasteiger partial charge in [-0.05, 0) is 55.9 Å². The molecule has 152 valence electrons. The zero-order chi connectivity index (χ0) is 19.8. The van der Waals surface area contributed by atoms with Crippen molar-refractivity contribution in [3.05, 3.63) is 52.4 Å². The Labute approximate surface area is 175 Å². The van der Waals surface area contributed by atoms with Crippen LogP contribution in [0.2, 0.25) is 0 Å². The fraction of sp³-hybridized carbons (Fsp3) is 0.476. The average Bonchev–Trinajstić information content (AvgIpc) is 3.20. The molecule has 7 heteroatoms. The van der Waals surface area contributed by atoms with E-state index in [4.69, 9.17) is 9.15 Å². The third kappa shape index (κ3) is 6.36. The summed E-state index contributed by atoms with van der Waals surface area (Å²) in [6.07, 6.45) is 0.943. The molecule has 1 N–H and O–H groups in total. The van der Waals surface area contributed by atoms with Crippen molar-refractivity contribution in [2.75, 3.05) is 45.8 Å². The van der Waals surface area contributed by atoms with E-state index in [-0.39, 0.29) is 5.91 Å². The number of nitrogens with one attached hydrogen (secondary N) is 1. The number of carbonyl (C=O) groups is 1. The molecule has 1 aliphatic heterocycles. The van der Waals surface area contributed by atoms with Crippen molar-refractivity contribution in [1.29, 1.82) is 0 Å². The minimum absolute atomic E-state index is 0.175. The number of furan rings is 1. The van der Waals surface area contributed by atoms with Gasteiger partial charge in [0.05, 0.1) is 0 Å². The van der Waals surface area contributed by atoms with Crippen LogP contribution in [0.1, 0.15) is 29.7 Å². The van der Waals surface area contributed by atoms with Crippen molar-refractivity contribution >= 4 is 21.8 Å². The third-order valence-electron chi connectivity index (χ3n) is 4.93. The number of likely N-dealkylation sites (N-methyl/N-ethyl adjacent to an activating group) is 1. The predicted octanol–water partition coefficient (Wildman–Crippen LogP) is 3.38. The lowest BCUT2D eigenvalue weighted by Gasteiger charge is -2.33. The molecule has 1 aromatic heterocycles. The van der Waals surface area contributed by atoms with E-state index in [1.54, 1.807) is 12.1 Å². The topological polar surface area (TPSA) is 58.0 Å². The van der Waals surface area contributed by atoms with Gasteiger partial charge in [-0.25, -0.2) is 0 Å². The molecule has 1 aliphatic rings. The number of hydrogen-bond donors (Lipinski definition) is 1. The molecule has 0 atom stereocenters. The summed E-state index contributed by atoms with van der Waals surface area (Å²) >= 11 is 3.39. The van der Waals surface area contributed by atoms with Crippen LogP contribution in [0.3, 0.4) is 0 Å². The number of ether oxygens (including phenoxy) is 1. The molecule has 1 amide bonds. The SMILES string of the molecule is CCN1CCN(CCCNC(=O)c2ccc(COc3ccc(Br)cc3)o2)CC1. The molecule has 1 saturated heterocycles. The Bertz CT molecular complexity index is 740. The fourth-order valence-corrected chi connectivity index (χ4v) is 3.45. The Morgan fingerprint density at radius 1 is 1.11 bits per heavy atom. The quantitative estimate of drug-likeness (QED) is 0.594. The lowest BCUT2D eigenvalue weighted by molar-refractivity contribution is 0.0916. The van der Waals surface area contributed by atoms with Crippen LogP contribution >= 0.6 is 15.9 Å². The van der Waals surface area contributed by atoms with Gasteiger partial charge in [-0.3, -0.25) is 4.79 Å². The maximum Gasteiger partial charge on any atom is 0.286 e. The Hall–Kier alpha value is -1.83. The van der Waals surface area contributed by atoms with Crippen LogP contribution in [-0.4, -0.2) is 61.5 Å². The van der Waals surface area contributed by atoms with Crippen LogP contribution in [0.4, 0.5) is 0 Å². The number of piperazine rings is 1. The first kappa shape index (κ1) is 20.9. The summed E-state index contributed by atoms with van der Waals surface area (Å²) in [6.45, 7) is 9.80. The summed E-state index contributed by atoms with van der Waals surface area (Å²) in [4.78, 5) is 17.2. The second-order valence-electron chi connectivity index (χ2n) is 6.89. The van der Waals surface area contributed by atoms with Crippen molar-refractivity contribution in [3.8, 4) is 5.75 Å². The standard InChI is InChI=1S/C21H28BrN3O3/c1-2-24-12-14-25(15-13-24)11-3-10-23-21(26)20-9-8-19(28-20)16-27-18-6-4-17(22)5-7-18/h4-9H,2-3,10-16H2,1H3,(H,23,26). The second-order valence-corrected chi connectivity index (χ2v) is 7.81. The molecule has 0 radical (unpaired) electrons. The van der Waals surface area contributed by atoms with E-state index in [2.05, 4.69) is 38.0 Å². The largest absolute Gasteiger partial charge is 0.486 e. The van der Waals surface area contributed by atoms with Crippen LogP contribution in [0.5, 0.6) is 5.75 Å². The van der Waals surface area contributed by atoms with E-state index in [1.165, 1.54) is 0 Å². The summed E-state index contributed by atoms with van der Waals surface area (Å²) in [7, 11) is 0. The molecular weight excluding hydrogens is 422 g/mol. The van der Waals surface area contributed by atoms with E-state index in [1.807, 2.05) is 24.3 Å². The van der Waals surface area contributed by atoms with Crippen molar-refractivity contribution < 1.29 is 13.9 Å². The molecule has 0 aliphatic carbocycles. The summed E-state index contributed by atoms with van der Waals surface area (Å²) in [5, 5.41) is 2.94. The molecule has 0 saturated carbocycles. The monoisotopic (exact) mass is 449 g/mol. The minimum Gasteiger partial charge on any atom is -0.486 e. The number of amides is 1. The summed E-state index contributed by atoms with van der Waals surface area (Å²) in [5.74, 6) is 1.53. The summed E-state index contributed by atoms with van der Waals surface area (Å²) < 4.78 is 12.3. The van der Waals surface area contributed by atoms with Crippen molar-refractivity contribution in [1.82, 2.24) is 15.1 Å². The maximum atomic E-state index is 12.2. The van der Waals surface area contributed by atoms with Gasteiger partial charge in [-0.15, -0.1) is 0 Å². The van der Waals surface area contributed by atoms with Gasteiger partial charge in [-0.2, -0.15) is 0 Å². The third-order valence-corrected chi connectivity index (χ3v) is 5.46. The lowest BCUT2D eigenvalue weighted by Crippen LogP contribution is -2.46. The molecule has 1 fully saturated rings. The highest BCUT2D eigenvalue weighted by Gasteiger charge is 2.15. The molecular formula is C21H28BrN3O3. The van der Waals surface area contributed by atoms with Gasteiger partial charge in [0, 0.05) is 37.2 Å². The number of rotatable bonds is 9. The molecule has 28 heavy (non-hydrogen) atoms. The molecule has 1 aromatic carbocycles. The van der Waals surface area contributed by atoms with Gasteiger partial charge in [0.2, 0.25) is 0 Å². The molecule has 2 aromatic rings. The Kier molecular flexibility index (Phi) is 7.94. The smallest absolute Gasteiger partial charge is 0.286 e. The van der Waals surface area contributed by atoms with Gasteiger partial charge in [0.25, 0.3) is 5.91 Å². The average molecular weight is 450 g/mol. The van der Waals surface area contributed by atoms with Crippen LogP contribution in [0.15, 0.2) is 45.3 Å². The van der Waals surface area contributed by atoms with Crippen LogP contribution in [-0.2, 0) is 6.61 Å². The first-order chi connectivity index (χ1) is 13.6. The zero-order valence-corrected chi connectivity index (χ0v) is 17.9. The van der Waals surface area contributed by atoms with Crippen LogP contribution in [0, 0.1) is 0 Å². The summed E-state index contributed by atoms with van der Waals surface area (Å²) in [6, 6.07) is 11.1. The minimum atomic E-state index is -0.175. The Morgan fingerprint density at radius 3 is 2.54 bits per heavy atom. The van der Waals surface area contributed by atoms with Gasteiger partial charge in [-0.1, -0.05) is 22.9 Å². The van der Waals surface area contributed by atoms with Crippen LogP contribution in [0.25, 0.3) is 0 Å². The highest BCUT2D eigenvalue weighted by molar-refractivity contribution is 9.10. The van der Waals surface area contributed by atoms with E-state index in [9.17, 15) is 4.79 Å². The molecule has 6 nitrogen and oxygen atoms in total. The van der Waals surface area contributed by atoms with E-state index in [0.717, 1.165) is 55.9 Å². The molecule has 0 bridgehead atoms. The molecule has 0 spiro atoms. The number of halogens is 1. The van der Waals surface area contributed by atoms with E-state index in [0.29, 0.717) is 24.7 Å². The summed E-state index contributed by atoms with van der Waals surface area (Å²) in [5.41, 5.74) is 0. The molecule has 2 heterocycles. The first-order valence-corrected chi connectivity index (χ1v) is 10.6. The normalized spacial score (nSPS) is 15.5. The van der Waals surface area contributed by atoms with E-state index < -0.39 is 0 Å². The molecule has 0 unspecified atom stereocenters. The number of nitrogens with zero attached hydrogens (tertiary/aromatic N) is 2. The molecule has 3 rings (SSSR count). The number of benzene rings is 1. The highest BCUT2D eigenvalue weighted by Crippen LogP contribution is 2.18. The van der Waals surface area contributed by atoms with Crippen molar-refractivity contribution in [2.45, 2.75) is 20.0 Å². The van der Waals surface area contributed by atoms with Gasteiger partial charge in [0.15, 0.2) is 5.76 Å². The van der Waals surface area contributed by atoms with Gasteiger partial charge in [0.1, 0.15) is 18.1 Å². The number of hydrogen-bond acceptors (Lipinski definition) is 5. The highest BCUT2D eigenvalue weighted by atomic mass is 79.9. The maximum absolute atomic E-state index is 12.2. The first-order valence-electron chi connectivity index (χ1n) is 9.84. The van der Waals surface area contributed by atoms with Gasteiger partial charge >= 0.3 is 0 Å². The fourth-order valence-electron chi connectivity index (χ4n) is 3.18. The lowest BCUT2D eigenvalue weighted by atomic mass is 10.3. The van der Waals surface area contributed by atoms with Crippen LogP contribution < -0.4 is 10.1 Å². The van der Waals surface area contributed by atoms with Gasteiger partial charge < -0.3 is 24.3 Å². The number of carbonyl (C=O) groups excluding carboxylic acids is 1. The van der Waals surface area contributed by atoms with Crippen molar-refractivity contribution in [3.63, 3.8) is 0 Å². The van der Waals surface area contributed by atoms with E-state index >= 15 is 0 Å². The second kappa shape index (κ2) is 10.6. The predicted molar refractivity (Wildman–Crippen MR) is 113 cm³/mol.